The van der Waals surface area contributed by atoms with Crippen LogP contribution in [-0.2, 0) is 11.3 Å². The summed E-state index contributed by atoms with van der Waals surface area (Å²) in [6.45, 7) is 10.7. The van der Waals surface area contributed by atoms with Crippen LogP contribution >= 0.6 is 0 Å². The van der Waals surface area contributed by atoms with E-state index in [1.54, 1.807) is 29.2 Å². The fourth-order valence-corrected chi connectivity index (χ4v) is 3.21. The van der Waals surface area contributed by atoms with Crippen molar-refractivity contribution in [2.75, 3.05) is 32.0 Å². The van der Waals surface area contributed by atoms with Crippen molar-refractivity contribution in [2.45, 2.75) is 40.2 Å². The molecule has 0 saturated heterocycles. The van der Waals surface area contributed by atoms with Crippen LogP contribution < -0.4 is 5.32 Å². The van der Waals surface area contributed by atoms with E-state index in [4.69, 9.17) is 0 Å². The maximum absolute atomic E-state index is 12.3. The lowest BCUT2D eigenvalue weighted by Crippen LogP contribution is -2.30. The smallest absolute Gasteiger partial charge is 0.253 e. The summed E-state index contributed by atoms with van der Waals surface area (Å²) in [6, 6.07) is 15.6. The fraction of sp³-hybridized carbons (Fsp3) is 0.417. The molecule has 0 fully saturated rings. The van der Waals surface area contributed by atoms with E-state index in [0.717, 1.165) is 0 Å². The Morgan fingerprint density at radius 1 is 0.931 bits per heavy atom. The minimum absolute atomic E-state index is 0.0103. The van der Waals surface area contributed by atoms with Crippen LogP contribution in [0, 0.1) is 0 Å². The zero-order valence-corrected chi connectivity index (χ0v) is 18.2. The summed E-state index contributed by atoms with van der Waals surface area (Å²) in [5.41, 5.74) is 3.83. The lowest BCUT2D eigenvalue weighted by molar-refractivity contribution is -0.117. The van der Waals surface area contributed by atoms with Crippen LogP contribution in [0.2, 0.25) is 0 Å². The van der Waals surface area contributed by atoms with Gasteiger partial charge in [0.25, 0.3) is 5.91 Å². The maximum atomic E-state index is 12.3. The highest BCUT2D eigenvalue weighted by atomic mass is 16.2. The lowest BCUT2D eigenvalue weighted by atomic mass is 10.0. The van der Waals surface area contributed by atoms with Gasteiger partial charge in [0.05, 0.1) is 6.54 Å². The first-order valence-electron chi connectivity index (χ1n) is 10.3. The Morgan fingerprint density at radius 3 is 2.03 bits per heavy atom. The van der Waals surface area contributed by atoms with Crippen molar-refractivity contribution in [1.29, 1.82) is 0 Å². The third-order valence-corrected chi connectivity index (χ3v) is 4.98. The summed E-state index contributed by atoms with van der Waals surface area (Å²) in [5, 5.41) is 2.90. The normalized spacial score (nSPS) is 11.0. The lowest BCUT2D eigenvalue weighted by Gasteiger charge is -2.19. The molecule has 0 spiro atoms. The molecule has 1 N–H and O–H groups in total. The van der Waals surface area contributed by atoms with Gasteiger partial charge in [-0.3, -0.25) is 14.5 Å². The molecule has 0 radical (unpaired) electrons. The number of carbonyl (C=O) groups excluding carboxylic acids is 2. The molecule has 2 amide bonds. The number of rotatable bonds is 9. The Bertz CT molecular complexity index is 794. The number of amides is 2. The Labute approximate surface area is 174 Å². The number of hydrogen-bond acceptors (Lipinski definition) is 3. The van der Waals surface area contributed by atoms with E-state index in [-0.39, 0.29) is 11.8 Å². The third kappa shape index (κ3) is 6.71. The van der Waals surface area contributed by atoms with Crippen LogP contribution in [0.3, 0.4) is 0 Å². The van der Waals surface area contributed by atoms with Gasteiger partial charge in [-0.15, -0.1) is 0 Å². The summed E-state index contributed by atoms with van der Waals surface area (Å²) >= 11 is 0. The Kier molecular flexibility index (Phi) is 8.40. The van der Waals surface area contributed by atoms with Gasteiger partial charge in [-0.2, -0.15) is 0 Å². The molecule has 0 atom stereocenters. The summed E-state index contributed by atoms with van der Waals surface area (Å²) in [5.74, 6) is 0.450. The van der Waals surface area contributed by atoms with E-state index in [2.05, 4.69) is 43.4 Å². The van der Waals surface area contributed by atoms with Gasteiger partial charge in [0.2, 0.25) is 5.91 Å². The van der Waals surface area contributed by atoms with Crippen molar-refractivity contribution in [3.63, 3.8) is 0 Å². The minimum atomic E-state index is -0.0749. The molecular formula is C24H33N3O2. The predicted molar refractivity (Wildman–Crippen MR) is 119 cm³/mol. The van der Waals surface area contributed by atoms with Crippen molar-refractivity contribution in [1.82, 2.24) is 9.80 Å². The largest absolute Gasteiger partial charge is 0.339 e. The van der Waals surface area contributed by atoms with Crippen LogP contribution in [0.1, 0.15) is 55.1 Å². The highest BCUT2D eigenvalue weighted by Gasteiger charge is 2.13. The molecule has 0 aromatic heterocycles. The third-order valence-electron chi connectivity index (χ3n) is 4.98. The van der Waals surface area contributed by atoms with Crippen molar-refractivity contribution in [2.24, 2.45) is 0 Å². The van der Waals surface area contributed by atoms with Crippen molar-refractivity contribution in [3.05, 3.63) is 65.2 Å². The van der Waals surface area contributed by atoms with Gasteiger partial charge < -0.3 is 10.2 Å². The van der Waals surface area contributed by atoms with E-state index >= 15 is 0 Å². The zero-order chi connectivity index (χ0) is 21.4. The number of nitrogens with zero attached hydrogens (tertiary/aromatic N) is 2. The van der Waals surface area contributed by atoms with Gasteiger partial charge in [-0.05, 0) is 62.2 Å². The Balaban J connectivity index is 1.87. The van der Waals surface area contributed by atoms with Crippen LogP contribution in [0.5, 0.6) is 0 Å². The zero-order valence-electron chi connectivity index (χ0n) is 18.2. The fourth-order valence-electron chi connectivity index (χ4n) is 3.21. The molecule has 5 heteroatoms. The maximum Gasteiger partial charge on any atom is 0.253 e. The molecule has 0 bridgehead atoms. The van der Waals surface area contributed by atoms with Gasteiger partial charge in [0.1, 0.15) is 0 Å². The molecule has 2 aromatic carbocycles. The van der Waals surface area contributed by atoms with Gasteiger partial charge in [-0.1, -0.05) is 38.1 Å². The monoisotopic (exact) mass is 395 g/mol. The molecule has 0 aliphatic carbocycles. The molecule has 0 aliphatic heterocycles. The van der Waals surface area contributed by atoms with Crippen LogP contribution in [-0.4, -0.2) is 48.3 Å². The predicted octanol–water partition coefficient (Wildman–Crippen LogP) is 4.36. The van der Waals surface area contributed by atoms with Crippen LogP contribution in [0.4, 0.5) is 5.69 Å². The summed E-state index contributed by atoms with van der Waals surface area (Å²) in [7, 11) is 1.93. The second kappa shape index (κ2) is 10.8. The molecule has 29 heavy (non-hydrogen) atoms. The van der Waals surface area contributed by atoms with Gasteiger partial charge >= 0.3 is 0 Å². The number of nitrogens with one attached hydrogen (secondary N) is 1. The molecule has 0 unspecified atom stereocenters. The number of carbonyl (C=O) groups is 2. The number of benzene rings is 2. The topological polar surface area (TPSA) is 52.7 Å². The van der Waals surface area contributed by atoms with E-state index in [1.165, 1.54) is 11.1 Å². The minimum Gasteiger partial charge on any atom is -0.339 e. The van der Waals surface area contributed by atoms with E-state index in [1.807, 2.05) is 25.8 Å². The van der Waals surface area contributed by atoms with Crippen molar-refractivity contribution < 1.29 is 9.59 Å². The van der Waals surface area contributed by atoms with Crippen LogP contribution in [0.25, 0.3) is 0 Å². The van der Waals surface area contributed by atoms with E-state index in [9.17, 15) is 9.59 Å². The molecule has 156 valence electrons. The quantitative estimate of drug-likeness (QED) is 0.686. The van der Waals surface area contributed by atoms with Crippen LogP contribution in [0.15, 0.2) is 48.5 Å². The summed E-state index contributed by atoms with van der Waals surface area (Å²) in [4.78, 5) is 28.5. The Hall–Kier alpha value is -2.66. The average Bonchev–Trinajstić information content (AvgIpc) is 2.69. The molecule has 2 aromatic rings. The first kappa shape index (κ1) is 22.6. The van der Waals surface area contributed by atoms with Gasteiger partial charge in [-0.25, -0.2) is 0 Å². The average molecular weight is 396 g/mol. The highest BCUT2D eigenvalue weighted by Crippen LogP contribution is 2.16. The SMILES string of the molecule is CCN(CC)C(=O)c1ccc(NC(=O)CN(C)Cc2ccc(C(C)C)cc2)cc1. The Morgan fingerprint density at radius 2 is 1.52 bits per heavy atom. The van der Waals surface area contributed by atoms with Gasteiger partial charge in [0.15, 0.2) is 0 Å². The first-order valence-corrected chi connectivity index (χ1v) is 10.3. The van der Waals surface area contributed by atoms with Gasteiger partial charge in [0, 0.05) is 30.9 Å². The first-order chi connectivity index (χ1) is 13.8. The van der Waals surface area contributed by atoms with Crippen molar-refractivity contribution >= 4 is 17.5 Å². The number of likely N-dealkylation sites (N-methyl/N-ethyl adjacent to an activating group) is 1. The molecule has 5 nitrogen and oxygen atoms in total. The molecule has 0 aliphatic rings. The molecule has 2 rings (SSSR count). The molecule has 0 heterocycles. The highest BCUT2D eigenvalue weighted by molar-refractivity contribution is 5.96. The van der Waals surface area contributed by atoms with E-state index < -0.39 is 0 Å². The van der Waals surface area contributed by atoms with E-state index in [0.29, 0.717) is 43.3 Å². The summed E-state index contributed by atoms with van der Waals surface area (Å²) < 4.78 is 0. The van der Waals surface area contributed by atoms with Crippen molar-refractivity contribution in [3.8, 4) is 0 Å². The second-order valence-electron chi connectivity index (χ2n) is 7.67. The molecular weight excluding hydrogens is 362 g/mol. The molecule has 0 saturated carbocycles. The number of hydrogen-bond donors (Lipinski definition) is 1. The second-order valence-corrected chi connectivity index (χ2v) is 7.67. The number of anilines is 1. The summed E-state index contributed by atoms with van der Waals surface area (Å²) in [6.07, 6.45) is 0. The standard InChI is InChI=1S/C24H33N3O2/c1-6-27(7-2)24(29)21-12-14-22(15-13-21)25-23(28)17-26(5)16-19-8-10-20(11-9-19)18(3)4/h8-15,18H,6-7,16-17H2,1-5H3,(H,25,28).